The Kier molecular flexibility index (Phi) is 12.3. The van der Waals surface area contributed by atoms with Gasteiger partial charge < -0.3 is 15.5 Å². The molecule has 31 heavy (non-hydrogen) atoms. The topological polar surface area (TPSA) is 70.2 Å². The number of carbonyl (C=O) groups excluding carboxylic acids is 1. The summed E-state index contributed by atoms with van der Waals surface area (Å²) >= 11 is 2.22. The average molecular weight is 582 g/mol. The number of carbonyl (C=O) groups is 1. The van der Waals surface area contributed by atoms with E-state index in [4.69, 9.17) is 0 Å². The van der Waals surface area contributed by atoms with E-state index in [1.54, 1.807) is 11.0 Å². The Morgan fingerprint density at radius 2 is 2.03 bits per heavy atom. The summed E-state index contributed by atoms with van der Waals surface area (Å²) in [5.74, 6) is -0.375. The Labute approximate surface area is 208 Å². The summed E-state index contributed by atoms with van der Waals surface area (Å²) in [5.41, 5.74) is 2.85. The number of amides is 1. The van der Waals surface area contributed by atoms with E-state index < -0.39 is 0 Å². The van der Waals surface area contributed by atoms with Crippen LogP contribution in [0.15, 0.2) is 48.1 Å². The van der Waals surface area contributed by atoms with Gasteiger partial charge in [0.2, 0.25) is 0 Å². The van der Waals surface area contributed by atoms with Crippen molar-refractivity contribution in [1.29, 1.82) is 0 Å². The minimum Gasteiger partial charge on any atom is -0.349 e. The number of hydrogen-bond acceptors (Lipinski definition) is 5. The van der Waals surface area contributed by atoms with Gasteiger partial charge in [-0.2, -0.15) is 4.39 Å². The van der Waals surface area contributed by atoms with Gasteiger partial charge in [-0.25, -0.2) is 4.98 Å². The Morgan fingerprint density at radius 1 is 1.23 bits per heavy atom. The Hall–Kier alpha value is -1.49. The number of halogens is 4. The van der Waals surface area contributed by atoms with Crippen LogP contribution >= 0.6 is 47.4 Å². The number of nitrogens with zero attached hydrogens (tertiary/aromatic N) is 3. The molecule has 2 N–H and O–H groups in total. The van der Waals surface area contributed by atoms with Gasteiger partial charge in [0, 0.05) is 29.7 Å². The molecule has 2 heterocycles. The van der Waals surface area contributed by atoms with E-state index in [0.29, 0.717) is 37.4 Å². The van der Waals surface area contributed by atoms with Gasteiger partial charge in [0.05, 0.1) is 17.2 Å². The van der Waals surface area contributed by atoms with Crippen molar-refractivity contribution in [3.63, 3.8) is 0 Å². The maximum Gasteiger partial charge on any atom is 0.271 e. The van der Waals surface area contributed by atoms with E-state index in [1.807, 2.05) is 25.1 Å². The number of hydrogen-bond donors (Lipinski definition) is 2. The van der Waals surface area contributed by atoms with Gasteiger partial charge in [-0.15, -0.1) is 24.8 Å². The molecule has 0 aliphatic carbocycles. The molecule has 0 unspecified atom stereocenters. The molecule has 0 bridgehead atoms. The zero-order valence-corrected chi connectivity index (χ0v) is 21.0. The van der Waals surface area contributed by atoms with E-state index in [0.717, 1.165) is 34.0 Å². The fraction of sp³-hybridized carbons (Fsp3) is 0.381. The zero-order chi connectivity index (χ0) is 20.6. The molecule has 0 saturated carbocycles. The normalized spacial score (nSPS) is 13.1. The van der Waals surface area contributed by atoms with Crippen LogP contribution in [0.1, 0.15) is 30.3 Å². The molecule has 0 fully saturated rings. The smallest absolute Gasteiger partial charge is 0.271 e. The fourth-order valence-corrected chi connectivity index (χ4v) is 3.54. The first-order valence-corrected chi connectivity index (χ1v) is 10.9. The molecule has 1 aromatic heterocycles. The van der Waals surface area contributed by atoms with Crippen molar-refractivity contribution in [3.8, 4) is 0 Å². The van der Waals surface area contributed by atoms with Crippen LogP contribution in [-0.4, -0.2) is 53.5 Å². The molecule has 170 valence electrons. The van der Waals surface area contributed by atoms with Crippen molar-refractivity contribution < 1.29 is 9.18 Å². The third-order valence-electron chi connectivity index (χ3n) is 4.71. The molecular weight excluding hydrogens is 555 g/mol. The average Bonchev–Trinajstić information content (AvgIpc) is 2.72. The van der Waals surface area contributed by atoms with Gasteiger partial charge in [-0.1, -0.05) is 6.08 Å². The summed E-state index contributed by atoms with van der Waals surface area (Å²) in [4.78, 5) is 22.6. The standard InChI is InChI=1S/C21H25FIN5O.2ClH/c1-2-28-11-7-15(12-20(28)22)4-3-8-24-9-10-25-21(29)19-14-26-18-13-16(23)5-6-17(18)27-19;;/h5-7,12-14,24H,2-4,8-11H2,1H3,(H,25,29);2*1H. The van der Waals surface area contributed by atoms with Gasteiger partial charge in [0.15, 0.2) is 5.95 Å². The van der Waals surface area contributed by atoms with Crippen LogP contribution < -0.4 is 10.6 Å². The molecule has 0 atom stereocenters. The third-order valence-corrected chi connectivity index (χ3v) is 5.38. The number of aromatic nitrogens is 2. The molecule has 2 aromatic rings. The monoisotopic (exact) mass is 581 g/mol. The summed E-state index contributed by atoms with van der Waals surface area (Å²) in [6, 6.07) is 5.74. The molecule has 1 amide bonds. The minimum absolute atomic E-state index is 0. The molecule has 6 nitrogen and oxygen atoms in total. The van der Waals surface area contributed by atoms with Gasteiger partial charge in [0.1, 0.15) is 5.69 Å². The van der Waals surface area contributed by atoms with Crippen molar-refractivity contribution in [3.05, 3.63) is 57.3 Å². The highest BCUT2D eigenvalue weighted by molar-refractivity contribution is 14.1. The summed E-state index contributed by atoms with van der Waals surface area (Å²) in [7, 11) is 0. The van der Waals surface area contributed by atoms with Gasteiger partial charge in [0.25, 0.3) is 5.91 Å². The Morgan fingerprint density at radius 3 is 2.77 bits per heavy atom. The van der Waals surface area contributed by atoms with Crippen LogP contribution in [0.25, 0.3) is 11.0 Å². The predicted molar refractivity (Wildman–Crippen MR) is 136 cm³/mol. The Balaban J connectivity index is 0.00000240. The van der Waals surface area contributed by atoms with Crippen molar-refractivity contribution >= 4 is 64.3 Å². The van der Waals surface area contributed by atoms with Crippen molar-refractivity contribution in [2.75, 3.05) is 32.7 Å². The maximum absolute atomic E-state index is 13.8. The summed E-state index contributed by atoms with van der Waals surface area (Å²) in [6.07, 6.45) is 6.98. The van der Waals surface area contributed by atoms with Crippen LogP contribution in [0.3, 0.4) is 0 Å². The predicted octanol–water partition coefficient (Wildman–Crippen LogP) is 4.25. The maximum atomic E-state index is 13.8. The van der Waals surface area contributed by atoms with Gasteiger partial charge >= 0.3 is 0 Å². The van der Waals surface area contributed by atoms with E-state index in [-0.39, 0.29) is 36.7 Å². The number of allylic oxidation sites excluding steroid dienone is 2. The van der Waals surface area contributed by atoms with E-state index in [1.165, 1.54) is 6.20 Å². The van der Waals surface area contributed by atoms with Crippen LogP contribution in [0.2, 0.25) is 0 Å². The first-order chi connectivity index (χ1) is 14.1. The number of benzene rings is 1. The van der Waals surface area contributed by atoms with Gasteiger partial charge in [-0.3, -0.25) is 9.78 Å². The lowest BCUT2D eigenvalue weighted by atomic mass is 10.1. The highest BCUT2D eigenvalue weighted by Crippen LogP contribution is 2.18. The van der Waals surface area contributed by atoms with Crippen LogP contribution in [0.4, 0.5) is 4.39 Å². The van der Waals surface area contributed by atoms with Crippen molar-refractivity contribution in [1.82, 2.24) is 25.5 Å². The quantitative estimate of drug-likeness (QED) is 0.263. The molecule has 1 aliphatic heterocycles. The second kappa shape index (κ2) is 13.8. The van der Waals surface area contributed by atoms with E-state index in [2.05, 4.69) is 49.3 Å². The molecule has 0 spiro atoms. The van der Waals surface area contributed by atoms with E-state index in [9.17, 15) is 9.18 Å². The lowest BCUT2D eigenvalue weighted by molar-refractivity contribution is 0.0949. The highest BCUT2D eigenvalue weighted by atomic mass is 127. The lowest BCUT2D eigenvalue weighted by Gasteiger charge is -2.23. The van der Waals surface area contributed by atoms with Crippen LogP contribution in [0, 0.1) is 3.57 Å². The summed E-state index contributed by atoms with van der Waals surface area (Å²) < 4.78 is 14.9. The summed E-state index contributed by atoms with van der Waals surface area (Å²) in [6.45, 7) is 5.26. The third kappa shape index (κ3) is 8.17. The second-order valence-corrected chi connectivity index (χ2v) is 8.03. The highest BCUT2D eigenvalue weighted by Gasteiger charge is 2.11. The number of rotatable bonds is 9. The first kappa shape index (κ1) is 27.5. The number of fused-ring (bicyclic) bond motifs is 1. The number of nitrogens with one attached hydrogen (secondary N) is 2. The van der Waals surface area contributed by atoms with Crippen LogP contribution in [-0.2, 0) is 0 Å². The van der Waals surface area contributed by atoms with Crippen molar-refractivity contribution in [2.45, 2.75) is 19.8 Å². The van der Waals surface area contributed by atoms with Gasteiger partial charge in [-0.05, 0) is 78.7 Å². The second-order valence-electron chi connectivity index (χ2n) is 6.78. The van der Waals surface area contributed by atoms with Crippen molar-refractivity contribution in [2.24, 2.45) is 0 Å². The molecular formula is C21H27Cl2FIN5O. The SMILES string of the molecule is CCN1CC=C(CCCNCCNC(=O)c2cnc3cc(I)ccc3n2)C=C1F.Cl.Cl. The molecule has 3 rings (SSSR count). The lowest BCUT2D eigenvalue weighted by Crippen LogP contribution is -2.32. The number of likely N-dealkylation sites (N-methyl/N-ethyl adjacent to an activating group) is 1. The Bertz CT molecular complexity index is 941. The molecule has 1 aromatic carbocycles. The minimum atomic E-state index is -0.229. The first-order valence-electron chi connectivity index (χ1n) is 9.79. The van der Waals surface area contributed by atoms with Crippen LogP contribution in [0.5, 0.6) is 0 Å². The molecule has 0 radical (unpaired) electrons. The molecule has 10 heteroatoms. The fourth-order valence-electron chi connectivity index (χ4n) is 3.06. The molecule has 1 aliphatic rings. The largest absolute Gasteiger partial charge is 0.349 e. The molecule has 0 saturated heterocycles. The summed E-state index contributed by atoms with van der Waals surface area (Å²) in [5, 5.41) is 6.15. The van der Waals surface area contributed by atoms with E-state index >= 15 is 0 Å². The zero-order valence-electron chi connectivity index (χ0n) is 17.2.